The maximum atomic E-state index is 12.4. The number of carbonyl (C=O) groups is 1. The van der Waals surface area contributed by atoms with E-state index in [4.69, 9.17) is 4.74 Å². The fourth-order valence-electron chi connectivity index (χ4n) is 5.29. The van der Waals surface area contributed by atoms with E-state index in [1.165, 1.54) is 5.69 Å². The monoisotopic (exact) mass is 399 g/mol. The van der Waals surface area contributed by atoms with Crippen molar-refractivity contribution in [2.24, 2.45) is 5.92 Å². The molecular formula is C24H37N3O2. The van der Waals surface area contributed by atoms with E-state index in [2.05, 4.69) is 58.9 Å². The molecule has 5 heteroatoms. The molecule has 1 aromatic carbocycles. The molecule has 1 unspecified atom stereocenters. The number of piperazine rings is 1. The van der Waals surface area contributed by atoms with Crippen LogP contribution in [0.3, 0.4) is 0 Å². The van der Waals surface area contributed by atoms with Crippen molar-refractivity contribution in [3.05, 3.63) is 30.3 Å². The lowest BCUT2D eigenvalue weighted by Gasteiger charge is -2.50. The van der Waals surface area contributed by atoms with Crippen LogP contribution >= 0.6 is 0 Å². The Morgan fingerprint density at radius 1 is 1.07 bits per heavy atom. The van der Waals surface area contributed by atoms with Gasteiger partial charge in [-0.05, 0) is 43.7 Å². The van der Waals surface area contributed by atoms with Crippen LogP contribution in [0.5, 0.6) is 0 Å². The highest BCUT2D eigenvalue weighted by Gasteiger charge is 2.42. The van der Waals surface area contributed by atoms with Crippen molar-refractivity contribution >= 4 is 11.6 Å². The Labute approximate surface area is 176 Å². The number of likely N-dealkylation sites (tertiary alicyclic amines) is 1. The van der Waals surface area contributed by atoms with Gasteiger partial charge >= 0.3 is 0 Å². The van der Waals surface area contributed by atoms with Gasteiger partial charge in [-0.25, -0.2) is 0 Å². The van der Waals surface area contributed by atoms with E-state index < -0.39 is 0 Å². The molecule has 4 rings (SSSR count). The molecule has 0 radical (unpaired) electrons. The smallest absolute Gasteiger partial charge is 0.222 e. The molecule has 1 amide bonds. The van der Waals surface area contributed by atoms with E-state index >= 15 is 0 Å². The van der Waals surface area contributed by atoms with E-state index in [0.717, 1.165) is 71.6 Å². The minimum atomic E-state index is -0.00586. The zero-order valence-electron chi connectivity index (χ0n) is 18.2. The predicted molar refractivity (Wildman–Crippen MR) is 117 cm³/mol. The second-order valence-corrected chi connectivity index (χ2v) is 9.52. The zero-order chi connectivity index (χ0) is 20.3. The van der Waals surface area contributed by atoms with Gasteiger partial charge in [0.25, 0.3) is 0 Å². The topological polar surface area (TPSA) is 36.0 Å². The number of ether oxygens (including phenoxy) is 1. The molecule has 1 atom stereocenters. The number of carbonyl (C=O) groups excluding carboxylic acids is 1. The molecule has 1 aromatic rings. The summed E-state index contributed by atoms with van der Waals surface area (Å²) < 4.78 is 6.35. The van der Waals surface area contributed by atoms with Crippen LogP contribution in [0.25, 0.3) is 0 Å². The van der Waals surface area contributed by atoms with Gasteiger partial charge in [-0.1, -0.05) is 32.0 Å². The Morgan fingerprint density at radius 3 is 2.41 bits per heavy atom. The lowest BCUT2D eigenvalue weighted by Crippen LogP contribution is -2.57. The van der Waals surface area contributed by atoms with Gasteiger partial charge in [0.05, 0.1) is 5.60 Å². The number of anilines is 1. The molecule has 3 aliphatic rings. The van der Waals surface area contributed by atoms with E-state index in [1.54, 1.807) is 0 Å². The summed E-state index contributed by atoms with van der Waals surface area (Å²) in [4.78, 5) is 19.7. The first kappa shape index (κ1) is 20.7. The first-order chi connectivity index (χ1) is 14.0. The van der Waals surface area contributed by atoms with Crippen molar-refractivity contribution in [1.29, 1.82) is 0 Å². The summed E-state index contributed by atoms with van der Waals surface area (Å²) in [6, 6.07) is 11.4. The average molecular weight is 400 g/mol. The molecule has 29 heavy (non-hydrogen) atoms. The standard InChI is InChI=1S/C24H37N3O2/c1-20(2)18-23(28)27-11-9-24(10-12-27)19-22(8-17-29-24)26-15-13-25(14-16-26)21-6-4-3-5-7-21/h3-7,20,22H,8-19H2,1-2H3. The van der Waals surface area contributed by atoms with Crippen molar-refractivity contribution < 1.29 is 9.53 Å². The fraction of sp³-hybridized carbons (Fsp3) is 0.708. The third-order valence-corrected chi connectivity index (χ3v) is 7.03. The van der Waals surface area contributed by atoms with Gasteiger partial charge in [-0.15, -0.1) is 0 Å². The Balaban J connectivity index is 1.29. The molecule has 160 valence electrons. The first-order valence-electron chi connectivity index (χ1n) is 11.5. The quantitative estimate of drug-likeness (QED) is 0.778. The molecule has 0 aromatic heterocycles. The van der Waals surface area contributed by atoms with Gasteiger partial charge in [0, 0.05) is 64.0 Å². The number of piperidine rings is 1. The van der Waals surface area contributed by atoms with Gasteiger partial charge in [0.15, 0.2) is 0 Å². The summed E-state index contributed by atoms with van der Waals surface area (Å²) >= 11 is 0. The number of hydrogen-bond donors (Lipinski definition) is 0. The largest absolute Gasteiger partial charge is 0.375 e. The highest BCUT2D eigenvalue weighted by Crippen LogP contribution is 2.37. The van der Waals surface area contributed by atoms with Crippen LogP contribution in [-0.2, 0) is 9.53 Å². The second kappa shape index (κ2) is 9.05. The zero-order valence-corrected chi connectivity index (χ0v) is 18.2. The van der Waals surface area contributed by atoms with Gasteiger partial charge in [0.1, 0.15) is 0 Å². The van der Waals surface area contributed by atoms with Crippen molar-refractivity contribution in [3.8, 4) is 0 Å². The second-order valence-electron chi connectivity index (χ2n) is 9.52. The number of amides is 1. The number of nitrogens with zero attached hydrogens (tertiary/aromatic N) is 3. The number of rotatable bonds is 4. The van der Waals surface area contributed by atoms with Crippen LogP contribution in [-0.4, -0.2) is 73.2 Å². The number of para-hydroxylation sites is 1. The maximum absolute atomic E-state index is 12.4. The third kappa shape index (κ3) is 4.95. The van der Waals surface area contributed by atoms with E-state index in [9.17, 15) is 4.79 Å². The third-order valence-electron chi connectivity index (χ3n) is 7.03. The van der Waals surface area contributed by atoms with Gasteiger partial charge < -0.3 is 14.5 Å². The van der Waals surface area contributed by atoms with Crippen molar-refractivity contribution in [2.45, 2.75) is 57.6 Å². The molecule has 3 heterocycles. The van der Waals surface area contributed by atoms with Gasteiger partial charge in [-0.3, -0.25) is 9.69 Å². The Kier molecular flexibility index (Phi) is 6.45. The molecular weight excluding hydrogens is 362 g/mol. The summed E-state index contributed by atoms with van der Waals surface area (Å²) in [5.74, 6) is 0.752. The summed E-state index contributed by atoms with van der Waals surface area (Å²) in [6.07, 6.45) is 4.93. The van der Waals surface area contributed by atoms with Crippen LogP contribution < -0.4 is 4.90 Å². The highest BCUT2D eigenvalue weighted by molar-refractivity contribution is 5.76. The van der Waals surface area contributed by atoms with Crippen LogP contribution in [0, 0.1) is 5.92 Å². The molecule has 3 fully saturated rings. The first-order valence-corrected chi connectivity index (χ1v) is 11.5. The van der Waals surface area contributed by atoms with Gasteiger partial charge in [0.2, 0.25) is 5.91 Å². The summed E-state index contributed by atoms with van der Waals surface area (Å²) in [5, 5.41) is 0. The van der Waals surface area contributed by atoms with Crippen LogP contribution in [0.4, 0.5) is 5.69 Å². The number of benzene rings is 1. The molecule has 0 saturated carbocycles. The Hall–Kier alpha value is -1.59. The van der Waals surface area contributed by atoms with Crippen molar-refractivity contribution in [2.75, 3.05) is 50.8 Å². The summed E-state index contributed by atoms with van der Waals surface area (Å²) in [6.45, 7) is 11.3. The molecule has 1 spiro atoms. The molecule has 0 bridgehead atoms. The minimum absolute atomic E-state index is 0.00586. The Bertz CT molecular complexity index is 662. The molecule has 5 nitrogen and oxygen atoms in total. The van der Waals surface area contributed by atoms with E-state index in [-0.39, 0.29) is 5.60 Å². The van der Waals surface area contributed by atoms with Crippen molar-refractivity contribution in [1.82, 2.24) is 9.80 Å². The summed E-state index contributed by atoms with van der Waals surface area (Å²) in [7, 11) is 0. The predicted octanol–water partition coefficient (Wildman–Crippen LogP) is 3.39. The van der Waals surface area contributed by atoms with Gasteiger partial charge in [-0.2, -0.15) is 0 Å². The van der Waals surface area contributed by atoms with Crippen LogP contribution in [0.2, 0.25) is 0 Å². The SMILES string of the molecule is CC(C)CC(=O)N1CCC2(CC1)CC(N1CCN(c3ccccc3)CC1)CCO2. The fourth-order valence-corrected chi connectivity index (χ4v) is 5.29. The van der Waals surface area contributed by atoms with Crippen LogP contribution in [0.1, 0.15) is 46.0 Å². The summed E-state index contributed by atoms with van der Waals surface area (Å²) in [5.41, 5.74) is 1.34. The molecule has 0 N–H and O–H groups in total. The molecule has 0 aliphatic carbocycles. The lowest BCUT2D eigenvalue weighted by molar-refractivity contribution is -0.149. The molecule has 3 aliphatic heterocycles. The lowest BCUT2D eigenvalue weighted by atomic mass is 9.81. The molecule has 3 saturated heterocycles. The van der Waals surface area contributed by atoms with Crippen LogP contribution in [0.15, 0.2) is 30.3 Å². The van der Waals surface area contributed by atoms with E-state index in [1.807, 2.05) is 0 Å². The van der Waals surface area contributed by atoms with Crippen molar-refractivity contribution in [3.63, 3.8) is 0 Å². The normalized spacial score (nSPS) is 25.6. The minimum Gasteiger partial charge on any atom is -0.375 e. The maximum Gasteiger partial charge on any atom is 0.222 e. The number of hydrogen-bond acceptors (Lipinski definition) is 4. The highest BCUT2D eigenvalue weighted by atomic mass is 16.5. The Morgan fingerprint density at radius 2 is 1.76 bits per heavy atom. The van der Waals surface area contributed by atoms with E-state index in [0.29, 0.717) is 24.3 Å². The average Bonchev–Trinajstić information content (AvgIpc) is 2.74.